The van der Waals surface area contributed by atoms with Crippen molar-refractivity contribution in [3.8, 4) is 0 Å². The number of hydrogen-bond acceptors (Lipinski definition) is 4. The van der Waals surface area contributed by atoms with E-state index in [0.717, 1.165) is 0 Å². The molecule has 0 aliphatic rings. The summed E-state index contributed by atoms with van der Waals surface area (Å²) in [4.78, 5) is 19.2. The number of hydrogen-bond donors (Lipinski definition) is 2. The smallest absolute Gasteiger partial charge is 0.276 e. The van der Waals surface area contributed by atoms with E-state index in [4.69, 9.17) is 5.73 Å². The van der Waals surface area contributed by atoms with Crippen molar-refractivity contribution in [2.75, 3.05) is 11.1 Å². The lowest BCUT2D eigenvalue weighted by molar-refractivity contribution is 0.102. The predicted molar refractivity (Wildman–Crippen MR) is 60.8 cm³/mol. The van der Waals surface area contributed by atoms with Crippen LogP contribution in [0.15, 0.2) is 36.7 Å². The molecule has 2 rings (SSSR count). The zero-order chi connectivity index (χ0) is 12.3. The van der Waals surface area contributed by atoms with E-state index in [-0.39, 0.29) is 17.2 Å². The fourth-order valence-corrected chi connectivity index (χ4v) is 1.24. The van der Waals surface area contributed by atoms with Gasteiger partial charge in [0, 0.05) is 0 Å². The molecule has 0 spiro atoms. The van der Waals surface area contributed by atoms with E-state index in [2.05, 4.69) is 15.3 Å². The van der Waals surface area contributed by atoms with Gasteiger partial charge in [-0.25, -0.2) is 9.37 Å². The standard InChI is InChI=1S/C11H9FN4O/c12-7-3-1-2-4-8(7)16-11(17)9-5-14-6-10(13)15-9/h1-6H,(H2,13,15)(H,16,17). The van der Waals surface area contributed by atoms with Gasteiger partial charge in [0.1, 0.15) is 17.3 Å². The molecule has 1 heterocycles. The van der Waals surface area contributed by atoms with Crippen molar-refractivity contribution < 1.29 is 9.18 Å². The molecule has 0 radical (unpaired) electrons. The second kappa shape index (κ2) is 4.56. The molecule has 86 valence electrons. The second-order valence-corrected chi connectivity index (χ2v) is 3.26. The third-order valence-corrected chi connectivity index (χ3v) is 2.01. The van der Waals surface area contributed by atoms with Gasteiger partial charge in [-0.05, 0) is 12.1 Å². The number of nitrogen functional groups attached to an aromatic ring is 1. The van der Waals surface area contributed by atoms with E-state index in [1.807, 2.05) is 0 Å². The Labute approximate surface area is 96.5 Å². The van der Waals surface area contributed by atoms with Gasteiger partial charge in [-0.2, -0.15) is 0 Å². The van der Waals surface area contributed by atoms with Gasteiger partial charge in [0.15, 0.2) is 0 Å². The lowest BCUT2D eigenvalue weighted by Crippen LogP contribution is -2.15. The van der Waals surface area contributed by atoms with Crippen molar-refractivity contribution in [2.45, 2.75) is 0 Å². The van der Waals surface area contributed by atoms with Gasteiger partial charge in [0.2, 0.25) is 0 Å². The fourth-order valence-electron chi connectivity index (χ4n) is 1.24. The minimum atomic E-state index is -0.560. The topological polar surface area (TPSA) is 80.9 Å². The van der Waals surface area contributed by atoms with Gasteiger partial charge < -0.3 is 11.1 Å². The minimum absolute atomic E-state index is 0.0354. The number of amides is 1. The molecular formula is C11H9FN4O. The van der Waals surface area contributed by atoms with Crippen molar-refractivity contribution in [1.29, 1.82) is 0 Å². The average Bonchev–Trinajstić information content (AvgIpc) is 2.32. The fraction of sp³-hybridized carbons (Fsp3) is 0. The Morgan fingerprint density at radius 1 is 1.29 bits per heavy atom. The molecular weight excluding hydrogens is 223 g/mol. The summed E-state index contributed by atoms with van der Waals surface area (Å²) in [5, 5.41) is 2.38. The van der Waals surface area contributed by atoms with Crippen LogP contribution in [0.2, 0.25) is 0 Å². The lowest BCUT2D eigenvalue weighted by Gasteiger charge is -2.05. The summed E-state index contributed by atoms with van der Waals surface area (Å²) in [5.41, 5.74) is 5.51. The van der Waals surface area contributed by atoms with Crippen molar-refractivity contribution in [3.63, 3.8) is 0 Å². The quantitative estimate of drug-likeness (QED) is 0.821. The van der Waals surface area contributed by atoms with Crippen LogP contribution in [-0.2, 0) is 0 Å². The highest BCUT2D eigenvalue weighted by Gasteiger charge is 2.10. The minimum Gasteiger partial charge on any atom is -0.382 e. The lowest BCUT2D eigenvalue weighted by atomic mass is 10.3. The monoisotopic (exact) mass is 232 g/mol. The summed E-state index contributed by atoms with van der Waals surface area (Å²) < 4.78 is 13.3. The number of nitrogens with one attached hydrogen (secondary N) is 1. The molecule has 5 nitrogen and oxygen atoms in total. The molecule has 0 saturated carbocycles. The number of anilines is 2. The van der Waals surface area contributed by atoms with Crippen LogP contribution in [0.3, 0.4) is 0 Å². The first-order valence-corrected chi connectivity index (χ1v) is 4.80. The number of nitrogens with zero attached hydrogens (tertiary/aromatic N) is 2. The number of carbonyl (C=O) groups is 1. The number of nitrogens with two attached hydrogens (primary N) is 1. The molecule has 0 unspecified atom stereocenters. The zero-order valence-corrected chi connectivity index (χ0v) is 8.72. The molecule has 1 aromatic heterocycles. The Morgan fingerprint density at radius 2 is 2.06 bits per heavy atom. The summed E-state index contributed by atoms with van der Waals surface area (Å²) in [5.74, 6) is -0.946. The number of benzene rings is 1. The summed E-state index contributed by atoms with van der Waals surface area (Å²) in [7, 11) is 0. The molecule has 2 aromatic rings. The normalized spacial score (nSPS) is 9.94. The molecule has 6 heteroatoms. The Kier molecular flexibility index (Phi) is 2.95. The predicted octanol–water partition coefficient (Wildman–Crippen LogP) is 1.45. The van der Waals surface area contributed by atoms with E-state index in [1.54, 1.807) is 6.07 Å². The molecule has 0 atom stereocenters. The Hall–Kier alpha value is -2.50. The van der Waals surface area contributed by atoms with Crippen molar-refractivity contribution in [2.24, 2.45) is 0 Å². The maximum Gasteiger partial charge on any atom is 0.276 e. The third kappa shape index (κ3) is 2.54. The molecule has 1 amide bonds. The van der Waals surface area contributed by atoms with Gasteiger partial charge in [0.25, 0.3) is 5.91 Å². The largest absolute Gasteiger partial charge is 0.382 e. The van der Waals surface area contributed by atoms with Gasteiger partial charge >= 0.3 is 0 Å². The molecule has 17 heavy (non-hydrogen) atoms. The van der Waals surface area contributed by atoms with E-state index in [9.17, 15) is 9.18 Å². The van der Waals surface area contributed by atoms with Crippen LogP contribution in [0.1, 0.15) is 10.5 Å². The zero-order valence-electron chi connectivity index (χ0n) is 8.72. The van der Waals surface area contributed by atoms with Crippen molar-refractivity contribution in [3.05, 3.63) is 48.2 Å². The highest BCUT2D eigenvalue weighted by molar-refractivity contribution is 6.02. The summed E-state index contributed by atoms with van der Waals surface area (Å²) >= 11 is 0. The van der Waals surface area contributed by atoms with Gasteiger partial charge in [-0.3, -0.25) is 9.78 Å². The van der Waals surface area contributed by atoms with Crippen LogP contribution in [0, 0.1) is 5.82 Å². The first-order valence-electron chi connectivity index (χ1n) is 4.80. The second-order valence-electron chi connectivity index (χ2n) is 3.26. The molecule has 0 aliphatic heterocycles. The Morgan fingerprint density at radius 3 is 2.76 bits per heavy atom. The van der Waals surface area contributed by atoms with Crippen LogP contribution in [0.4, 0.5) is 15.9 Å². The van der Waals surface area contributed by atoms with Gasteiger partial charge in [0.05, 0.1) is 18.1 Å². The van der Waals surface area contributed by atoms with Gasteiger partial charge in [-0.1, -0.05) is 12.1 Å². The highest BCUT2D eigenvalue weighted by atomic mass is 19.1. The summed E-state index contributed by atoms with van der Waals surface area (Å²) in [6, 6.07) is 5.85. The molecule has 0 saturated heterocycles. The molecule has 0 aliphatic carbocycles. The number of para-hydroxylation sites is 1. The van der Waals surface area contributed by atoms with Crippen LogP contribution < -0.4 is 11.1 Å². The van der Waals surface area contributed by atoms with Crippen LogP contribution in [-0.4, -0.2) is 15.9 Å². The molecule has 0 bridgehead atoms. The first-order chi connectivity index (χ1) is 8.16. The third-order valence-electron chi connectivity index (χ3n) is 2.01. The highest BCUT2D eigenvalue weighted by Crippen LogP contribution is 2.13. The maximum atomic E-state index is 13.3. The van der Waals surface area contributed by atoms with Crippen molar-refractivity contribution in [1.82, 2.24) is 9.97 Å². The van der Waals surface area contributed by atoms with Crippen LogP contribution >= 0.6 is 0 Å². The molecule has 0 fully saturated rings. The van der Waals surface area contributed by atoms with E-state index in [0.29, 0.717) is 0 Å². The SMILES string of the molecule is Nc1cncc(C(=O)Nc2ccccc2F)n1. The Balaban J connectivity index is 2.20. The average molecular weight is 232 g/mol. The van der Waals surface area contributed by atoms with E-state index < -0.39 is 11.7 Å². The summed E-state index contributed by atoms with van der Waals surface area (Å²) in [6.45, 7) is 0. The number of rotatable bonds is 2. The Bertz CT molecular complexity index is 559. The van der Waals surface area contributed by atoms with Crippen LogP contribution in [0.25, 0.3) is 0 Å². The first kappa shape index (κ1) is 11.0. The van der Waals surface area contributed by atoms with Gasteiger partial charge in [-0.15, -0.1) is 0 Å². The number of carbonyl (C=O) groups excluding carboxylic acids is 1. The number of halogens is 1. The van der Waals surface area contributed by atoms with E-state index in [1.165, 1.54) is 30.6 Å². The molecule has 3 N–H and O–H groups in total. The number of aromatic nitrogens is 2. The summed E-state index contributed by atoms with van der Waals surface area (Å²) in [6.07, 6.45) is 2.58. The van der Waals surface area contributed by atoms with E-state index >= 15 is 0 Å². The van der Waals surface area contributed by atoms with Crippen LogP contribution in [0.5, 0.6) is 0 Å². The molecule has 1 aromatic carbocycles. The maximum absolute atomic E-state index is 13.3. The van der Waals surface area contributed by atoms with Crippen molar-refractivity contribution >= 4 is 17.4 Å².